The minimum absolute atomic E-state index is 0.145. The van der Waals surface area contributed by atoms with Crippen LogP contribution < -0.4 is 5.32 Å². The molecule has 166 valence electrons. The normalized spacial score (nSPS) is 24.2. The number of aryl methyl sites for hydroxylation is 1. The number of carboxylic acids is 1. The van der Waals surface area contributed by atoms with Gasteiger partial charge < -0.3 is 29.9 Å². The minimum atomic E-state index is -0.979. The minimum Gasteiger partial charge on any atom is -0.480 e. The molecule has 0 aliphatic carbocycles. The van der Waals surface area contributed by atoms with Crippen molar-refractivity contribution >= 4 is 29.5 Å². The molecule has 0 saturated carbocycles. The summed E-state index contributed by atoms with van der Waals surface area (Å²) in [6.07, 6.45) is 1.86. The number of hydrogen-bond donors (Lipinski definition) is 3. The van der Waals surface area contributed by atoms with E-state index in [1.165, 1.54) is 4.90 Å². The molecule has 0 spiro atoms. The lowest BCUT2D eigenvalue weighted by Gasteiger charge is -2.40. The van der Waals surface area contributed by atoms with Crippen LogP contribution in [0.5, 0.6) is 0 Å². The Balaban J connectivity index is 1.65. The number of aromatic amines is 1. The second-order valence-electron chi connectivity index (χ2n) is 7.49. The van der Waals surface area contributed by atoms with Crippen LogP contribution in [0.3, 0.4) is 0 Å². The second kappa shape index (κ2) is 9.65. The first kappa shape index (κ1) is 22.4. The van der Waals surface area contributed by atoms with E-state index in [9.17, 15) is 19.5 Å². The molecule has 3 rings (SSSR count). The van der Waals surface area contributed by atoms with Gasteiger partial charge in [0.2, 0.25) is 0 Å². The maximum Gasteiger partial charge on any atom is 0.326 e. The summed E-state index contributed by atoms with van der Waals surface area (Å²) in [6, 6.07) is -1.37. The van der Waals surface area contributed by atoms with Gasteiger partial charge in [-0.1, -0.05) is 18.5 Å². The number of ether oxygens (including phenoxy) is 1. The molecule has 0 aromatic carbocycles. The zero-order valence-electron chi connectivity index (χ0n) is 17.2. The van der Waals surface area contributed by atoms with Crippen molar-refractivity contribution in [1.29, 1.82) is 0 Å². The number of nitrogens with one attached hydrogen (secondary N) is 2. The number of halogens is 1. The summed E-state index contributed by atoms with van der Waals surface area (Å²) < 4.78 is 5.80. The lowest BCUT2D eigenvalue weighted by atomic mass is 10.0. The van der Waals surface area contributed by atoms with E-state index in [1.807, 2.05) is 13.8 Å². The van der Waals surface area contributed by atoms with Crippen molar-refractivity contribution < 1.29 is 24.2 Å². The van der Waals surface area contributed by atoms with Crippen LogP contribution in [0, 0.1) is 0 Å². The fourth-order valence-corrected chi connectivity index (χ4v) is 4.30. The van der Waals surface area contributed by atoms with E-state index >= 15 is 0 Å². The SMILES string of the molecule is CCO[C@@H]1CN(C(=O)N2CCC[C@H]2C(=O)O)CC[C@@H]1NC(=O)c1nc(Cl)c(CC)[nH]1. The van der Waals surface area contributed by atoms with Gasteiger partial charge in [0.1, 0.15) is 6.04 Å². The highest BCUT2D eigenvalue weighted by atomic mass is 35.5. The molecule has 11 heteroatoms. The lowest BCUT2D eigenvalue weighted by molar-refractivity contribution is -0.141. The van der Waals surface area contributed by atoms with Gasteiger partial charge in [-0.15, -0.1) is 0 Å². The number of likely N-dealkylation sites (tertiary alicyclic amines) is 2. The maximum absolute atomic E-state index is 12.9. The standard InChI is InChI=1S/C19H28ClN5O5/c1-3-11-15(20)23-16(21-11)17(26)22-12-7-9-24(10-14(12)30-4-2)19(29)25-8-5-6-13(25)18(27)28/h12-14H,3-10H2,1-2H3,(H,21,23)(H,22,26)(H,27,28)/t12-,13-,14+/m0/s1. The highest BCUT2D eigenvalue weighted by Gasteiger charge is 2.40. The third-order valence-electron chi connectivity index (χ3n) is 5.61. The summed E-state index contributed by atoms with van der Waals surface area (Å²) in [7, 11) is 0. The van der Waals surface area contributed by atoms with Gasteiger partial charge in [-0.25, -0.2) is 14.6 Å². The first-order valence-corrected chi connectivity index (χ1v) is 10.7. The number of aliphatic carboxylic acids is 1. The Morgan fingerprint density at radius 2 is 2.07 bits per heavy atom. The third kappa shape index (κ3) is 4.70. The second-order valence-corrected chi connectivity index (χ2v) is 7.85. The van der Waals surface area contributed by atoms with Crippen molar-refractivity contribution in [1.82, 2.24) is 25.1 Å². The van der Waals surface area contributed by atoms with Crippen molar-refractivity contribution in [3.63, 3.8) is 0 Å². The molecule has 2 fully saturated rings. The van der Waals surface area contributed by atoms with E-state index in [0.29, 0.717) is 51.1 Å². The van der Waals surface area contributed by atoms with Gasteiger partial charge in [0.05, 0.1) is 24.4 Å². The smallest absolute Gasteiger partial charge is 0.326 e. The summed E-state index contributed by atoms with van der Waals surface area (Å²) in [5, 5.41) is 12.6. The Bertz CT molecular complexity index is 800. The number of amides is 3. The molecular weight excluding hydrogens is 414 g/mol. The average molecular weight is 442 g/mol. The summed E-state index contributed by atoms with van der Waals surface area (Å²) in [5.74, 6) is -1.21. The van der Waals surface area contributed by atoms with E-state index in [-0.39, 0.29) is 35.5 Å². The number of urea groups is 1. The third-order valence-corrected chi connectivity index (χ3v) is 5.92. The van der Waals surface area contributed by atoms with Crippen LogP contribution >= 0.6 is 11.6 Å². The van der Waals surface area contributed by atoms with Crippen LogP contribution in [-0.2, 0) is 16.0 Å². The molecule has 0 bridgehead atoms. The van der Waals surface area contributed by atoms with Gasteiger partial charge in [-0.3, -0.25) is 4.79 Å². The molecule has 0 radical (unpaired) electrons. The van der Waals surface area contributed by atoms with Gasteiger partial charge in [-0.05, 0) is 32.6 Å². The van der Waals surface area contributed by atoms with Crippen molar-refractivity contribution in [2.45, 2.75) is 57.7 Å². The molecule has 2 aliphatic heterocycles. The number of aromatic nitrogens is 2. The van der Waals surface area contributed by atoms with Crippen LogP contribution in [0.15, 0.2) is 0 Å². The molecule has 3 atom stereocenters. The number of carbonyl (C=O) groups is 3. The number of H-pyrrole nitrogens is 1. The first-order valence-electron chi connectivity index (χ1n) is 10.3. The molecule has 1 aromatic rings. The highest BCUT2D eigenvalue weighted by Crippen LogP contribution is 2.23. The fourth-order valence-electron chi connectivity index (χ4n) is 4.04. The molecule has 0 unspecified atom stereocenters. The van der Waals surface area contributed by atoms with E-state index < -0.39 is 18.1 Å². The Morgan fingerprint density at radius 3 is 2.70 bits per heavy atom. The van der Waals surface area contributed by atoms with Crippen molar-refractivity contribution in [3.05, 3.63) is 16.7 Å². The number of piperidine rings is 1. The number of imidazole rings is 1. The maximum atomic E-state index is 12.9. The average Bonchev–Trinajstić information content (AvgIpc) is 3.35. The summed E-state index contributed by atoms with van der Waals surface area (Å²) >= 11 is 6.02. The Kier molecular flexibility index (Phi) is 7.19. The number of nitrogens with zero attached hydrogens (tertiary/aromatic N) is 3. The van der Waals surface area contributed by atoms with Gasteiger partial charge in [0.25, 0.3) is 5.91 Å². The monoisotopic (exact) mass is 441 g/mol. The van der Waals surface area contributed by atoms with Crippen molar-refractivity contribution in [3.8, 4) is 0 Å². The zero-order chi connectivity index (χ0) is 21.8. The van der Waals surface area contributed by atoms with Gasteiger partial charge in [-0.2, -0.15) is 0 Å². The van der Waals surface area contributed by atoms with Crippen LogP contribution in [-0.4, -0.2) is 87.2 Å². The number of rotatable bonds is 6. The van der Waals surface area contributed by atoms with Crippen LogP contribution in [0.4, 0.5) is 4.79 Å². The predicted molar refractivity (Wildman–Crippen MR) is 109 cm³/mol. The Morgan fingerprint density at radius 1 is 1.30 bits per heavy atom. The molecule has 3 heterocycles. The van der Waals surface area contributed by atoms with Gasteiger partial charge >= 0.3 is 12.0 Å². The van der Waals surface area contributed by atoms with E-state index in [4.69, 9.17) is 16.3 Å². The van der Waals surface area contributed by atoms with Gasteiger partial charge in [0.15, 0.2) is 11.0 Å². The Hall–Kier alpha value is -2.33. The predicted octanol–water partition coefficient (Wildman–Crippen LogP) is 1.50. The highest BCUT2D eigenvalue weighted by molar-refractivity contribution is 6.30. The Labute approximate surface area is 179 Å². The summed E-state index contributed by atoms with van der Waals surface area (Å²) in [4.78, 5) is 47.0. The first-order chi connectivity index (χ1) is 14.3. The molecule has 1 aromatic heterocycles. The van der Waals surface area contributed by atoms with Crippen LogP contribution in [0.2, 0.25) is 5.15 Å². The molecule has 3 N–H and O–H groups in total. The zero-order valence-corrected chi connectivity index (χ0v) is 17.9. The van der Waals surface area contributed by atoms with E-state index in [2.05, 4.69) is 15.3 Å². The topological polar surface area (TPSA) is 128 Å². The van der Waals surface area contributed by atoms with Crippen molar-refractivity contribution in [2.24, 2.45) is 0 Å². The van der Waals surface area contributed by atoms with E-state index in [1.54, 1.807) is 4.90 Å². The van der Waals surface area contributed by atoms with E-state index in [0.717, 1.165) is 0 Å². The van der Waals surface area contributed by atoms with Gasteiger partial charge in [0, 0.05) is 19.7 Å². The largest absolute Gasteiger partial charge is 0.480 e. The molecule has 2 aliphatic rings. The molecular formula is C19H28ClN5O5. The fraction of sp³-hybridized carbons (Fsp3) is 0.684. The molecule has 10 nitrogen and oxygen atoms in total. The molecule has 2 saturated heterocycles. The van der Waals surface area contributed by atoms with Crippen LogP contribution in [0.1, 0.15) is 49.4 Å². The number of carbonyl (C=O) groups excluding carboxylic acids is 2. The summed E-state index contributed by atoms with van der Waals surface area (Å²) in [6.45, 7) is 5.29. The lowest BCUT2D eigenvalue weighted by Crippen LogP contribution is -2.59. The molecule has 30 heavy (non-hydrogen) atoms. The van der Waals surface area contributed by atoms with Crippen molar-refractivity contribution in [2.75, 3.05) is 26.2 Å². The number of carboxylic acid groups (broad SMARTS) is 1. The number of hydrogen-bond acceptors (Lipinski definition) is 5. The quantitative estimate of drug-likeness (QED) is 0.613. The van der Waals surface area contributed by atoms with Crippen LogP contribution in [0.25, 0.3) is 0 Å². The summed E-state index contributed by atoms with van der Waals surface area (Å²) in [5.41, 5.74) is 0.696. The molecule has 3 amide bonds.